The molecule has 1 amide bonds. The van der Waals surface area contributed by atoms with E-state index in [4.69, 9.17) is 24.7 Å². The van der Waals surface area contributed by atoms with Crippen LogP contribution in [0.15, 0.2) is 53.7 Å². The molecule has 15 heteroatoms. The number of nitrogens with zero attached hydrogens (tertiary/aromatic N) is 9. The van der Waals surface area contributed by atoms with Crippen molar-refractivity contribution in [2.24, 2.45) is 5.92 Å². The monoisotopic (exact) mass is 850 g/mol. The molecule has 1 atom stereocenters. The number of piperidine rings is 3. The molecule has 3 aromatic rings. The molecule has 7 heterocycles. The number of fused-ring (bicyclic) bond motifs is 1. The molecule has 9 rings (SSSR count). The Kier molecular flexibility index (Phi) is 12.7. The molecule has 0 spiro atoms. The smallest absolute Gasteiger partial charge is 0.246 e. The highest BCUT2D eigenvalue weighted by Gasteiger charge is 2.36. The van der Waals surface area contributed by atoms with Crippen LogP contribution >= 0.6 is 0 Å². The number of benzene rings is 1. The number of ether oxygens (including phenoxy) is 1. The van der Waals surface area contributed by atoms with E-state index in [0.717, 1.165) is 138 Å². The van der Waals surface area contributed by atoms with Crippen LogP contribution < -0.4 is 19.9 Å². The Balaban J connectivity index is 0.678. The first-order valence-electron chi connectivity index (χ1n) is 22.7. The van der Waals surface area contributed by atoms with E-state index in [1.807, 2.05) is 17.3 Å². The summed E-state index contributed by atoms with van der Waals surface area (Å²) in [6, 6.07) is 7.56. The second-order valence-electron chi connectivity index (χ2n) is 18.3. The number of nitrogens with one attached hydrogen (secondary N) is 1. The maximum atomic E-state index is 12.8. The third-order valence-corrected chi connectivity index (χ3v) is 15.8. The average Bonchev–Trinajstić information content (AvgIpc) is 3.68. The van der Waals surface area contributed by atoms with E-state index >= 15 is 0 Å². The van der Waals surface area contributed by atoms with Crippen LogP contribution in [0.1, 0.15) is 92.5 Å². The highest BCUT2D eigenvalue weighted by Crippen LogP contribution is 2.39. The van der Waals surface area contributed by atoms with Crippen LogP contribution in [0.5, 0.6) is 5.75 Å². The fourth-order valence-electron chi connectivity index (χ4n) is 10.2. The molecule has 4 saturated heterocycles. The zero-order valence-corrected chi connectivity index (χ0v) is 36.8. The third-order valence-electron chi connectivity index (χ3n) is 14.3. The van der Waals surface area contributed by atoms with Gasteiger partial charge in [-0.1, -0.05) is 0 Å². The lowest BCUT2D eigenvalue weighted by Crippen LogP contribution is -2.51. The van der Waals surface area contributed by atoms with Gasteiger partial charge in [-0.15, -0.1) is 0 Å². The molecular weight excluding hydrogens is 789 g/mol. The first-order valence-corrected chi connectivity index (χ1v) is 24.0. The van der Waals surface area contributed by atoms with Crippen molar-refractivity contribution in [1.82, 2.24) is 34.6 Å². The minimum absolute atomic E-state index is 0.0348. The van der Waals surface area contributed by atoms with E-state index < -0.39 is 10.8 Å². The van der Waals surface area contributed by atoms with Crippen LogP contribution in [-0.2, 0) is 22.0 Å². The van der Waals surface area contributed by atoms with E-state index in [1.165, 1.54) is 31.4 Å². The molecule has 14 nitrogen and oxygen atoms in total. The van der Waals surface area contributed by atoms with Crippen molar-refractivity contribution in [2.75, 3.05) is 100.0 Å². The van der Waals surface area contributed by atoms with Gasteiger partial charge in [0.25, 0.3) is 0 Å². The summed E-state index contributed by atoms with van der Waals surface area (Å²) < 4.78 is 18.0. The number of allylic oxidation sites excluding steroid dienone is 1. The molecule has 1 N–H and O–H groups in total. The highest BCUT2D eigenvalue weighted by molar-refractivity contribution is 7.85. The second-order valence-corrected chi connectivity index (χ2v) is 19.8. The van der Waals surface area contributed by atoms with Gasteiger partial charge in [-0.2, -0.15) is 4.98 Å². The third kappa shape index (κ3) is 9.63. The molecule has 2 aromatic heterocycles. The number of amides is 1. The number of ketones is 1. The lowest BCUT2D eigenvalue weighted by atomic mass is 9.78. The van der Waals surface area contributed by atoms with Gasteiger partial charge in [-0.25, -0.2) is 15.0 Å². The zero-order valence-electron chi connectivity index (χ0n) is 36.0. The van der Waals surface area contributed by atoms with Crippen molar-refractivity contribution in [3.8, 4) is 5.75 Å². The second kappa shape index (κ2) is 18.5. The van der Waals surface area contributed by atoms with Gasteiger partial charge in [0.2, 0.25) is 11.9 Å². The summed E-state index contributed by atoms with van der Waals surface area (Å²) >= 11 is 0. The molecule has 1 unspecified atom stereocenters. The summed E-state index contributed by atoms with van der Waals surface area (Å²) in [6.45, 7) is 12.6. The normalized spacial score (nSPS) is 23.2. The number of anilines is 3. The fourth-order valence-corrected chi connectivity index (χ4v) is 11.5. The first-order chi connectivity index (χ1) is 29.7. The van der Waals surface area contributed by atoms with Gasteiger partial charge in [0, 0.05) is 100 Å². The number of hydrogen-bond donors (Lipinski definition) is 1. The summed E-state index contributed by atoms with van der Waals surface area (Å²) in [7, 11) is 0.563. The van der Waals surface area contributed by atoms with E-state index in [1.54, 1.807) is 31.4 Å². The number of aromatic nitrogens is 4. The fraction of sp³-hybridized carbons (Fsp3) is 0.609. The van der Waals surface area contributed by atoms with Crippen LogP contribution in [0.4, 0.5) is 17.5 Å². The Bertz CT molecular complexity index is 2060. The summed E-state index contributed by atoms with van der Waals surface area (Å²) in [5.41, 5.74) is 2.65. The van der Waals surface area contributed by atoms with Gasteiger partial charge in [-0.05, 0) is 114 Å². The van der Waals surface area contributed by atoms with Gasteiger partial charge in [-0.3, -0.25) is 18.7 Å². The first kappa shape index (κ1) is 41.9. The minimum atomic E-state index is -1.03. The van der Waals surface area contributed by atoms with Crippen LogP contribution in [0, 0.1) is 5.92 Å². The number of rotatable bonds is 12. The lowest BCUT2D eigenvalue weighted by Gasteiger charge is -2.43. The average molecular weight is 851 g/mol. The number of likely N-dealkylation sites (tertiary alicyclic amines) is 1. The summed E-state index contributed by atoms with van der Waals surface area (Å²) in [5.74, 6) is 4.56. The van der Waals surface area contributed by atoms with Crippen molar-refractivity contribution in [3.05, 3.63) is 65.9 Å². The van der Waals surface area contributed by atoms with Crippen molar-refractivity contribution in [3.63, 3.8) is 0 Å². The molecule has 326 valence electrons. The van der Waals surface area contributed by atoms with Gasteiger partial charge in [0.05, 0.1) is 41.7 Å². The van der Waals surface area contributed by atoms with Gasteiger partial charge in [0.1, 0.15) is 22.3 Å². The van der Waals surface area contributed by atoms with Crippen molar-refractivity contribution in [1.29, 1.82) is 0 Å². The van der Waals surface area contributed by atoms with Gasteiger partial charge in [0.15, 0.2) is 5.78 Å². The molecule has 6 aliphatic rings. The molecule has 5 aliphatic heterocycles. The Morgan fingerprint density at radius 1 is 0.852 bits per heavy atom. The topological polar surface area (TPSA) is 140 Å². The standard InChI is InChI=1S/C46H62N10O4S/c1-46(17-3-18-46)51-44-42-39(16-29-61(42)59)49-45(50-44)56-21-12-35(13-22-56)43-47-30-37(31-48-43)54-23-14-36(15-24-54)53-19-10-33(11-20-53)32-52-25-27-55(28-26-52)41(58)9-8-40(57)34-4-6-38(60-2)7-5-34/h4-9,30-31,33,35-36H,3,10-29,32H2,1-2H3,(H,49,50,51)/b9-8+. The molecule has 0 bridgehead atoms. The summed E-state index contributed by atoms with van der Waals surface area (Å²) in [4.78, 5) is 57.8. The van der Waals surface area contributed by atoms with Crippen molar-refractivity contribution in [2.45, 2.75) is 93.5 Å². The molecule has 61 heavy (non-hydrogen) atoms. The summed E-state index contributed by atoms with van der Waals surface area (Å²) in [5, 5.41) is 3.66. The van der Waals surface area contributed by atoms with Crippen molar-refractivity contribution < 1.29 is 18.5 Å². The van der Waals surface area contributed by atoms with Crippen LogP contribution in [-0.4, -0.2) is 147 Å². The number of carbonyl (C=O) groups excluding carboxylic acids is 2. The number of hydrogen-bond acceptors (Lipinski definition) is 13. The SMILES string of the molecule is COc1ccc(C(=O)/C=C/C(=O)N2CCN(CC3CCN(C4CCN(c5cnc(C6CCN(c7nc8c(c(NC9(C)CCC9)n7)S(=O)CC8)CC6)nc5)CC4)CC3)CC2)cc1. The number of aryl methyl sites for hydroxylation is 1. The van der Waals surface area contributed by atoms with Crippen molar-refractivity contribution >= 4 is 39.9 Å². The van der Waals surface area contributed by atoms with Gasteiger partial charge < -0.3 is 29.7 Å². The van der Waals surface area contributed by atoms with E-state index in [2.05, 4.69) is 31.8 Å². The molecule has 5 fully saturated rings. The van der Waals surface area contributed by atoms with Gasteiger partial charge >= 0.3 is 0 Å². The zero-order chi connectivity index (χ0) is 41.9. The van der Waals surface area contributed by atoms with Crippen LogP contribution in [0.3, 0.4) is 0 Å². The lowest BCUT2D eigenvalue weighted by molar-refractivity contribution is -0.127. The maximum Gasteiger partial charge on any atom is 0.246 e. The van der Waals surface area contributed by atoms with E-state index in [-0.39, 0.29) is 17.2 Å². The Hall–Kier alpha value is -4.47. The van der Waals surface area contributed by atoms with Crippen LogP contribution in [0.25, 0.3) is 0 Å². The minimum Gasteiger partial charge on any atom is -0.497 e. The van der Waals surface area contributed by atoms with E-state index in [9.17, 15) is 13.8 Å². The maximum absolute atomic E-state index is 12.8. The molecule has 1 aromatic carbocycles. The summed E-state index contributed by atoms with van der Waals surface area (Å²) in [6.07, 6.45) is 17.8. The molecule has 0 radical (unpaired) electrons. The Labute approximate surface area is 363 Å². The Morgan fingerprint density at radius 3 is 2.20 bits per heavy atom. The van der Waals surface area contributed by atoms with Crippen LogP contribution in [0.2, 0.25) is 0 Å². The van der Waals surface area contributed by atoms with E-state index in [0.29, 0.717) is 48.0 Å². The quantitative estimate of drug-likeness (QED) is 0.195. The number of carbonyl (C=O) groups is 2. The number of methoxy groups -OCH3 is 1. The molecular formula is C46H62N10O4S. The molecule has 1 aliphatic carbocycles. The Morgan fingerprint density at radius 2 is 1.54 bits per heavy atom. The predicted octanol–water partition coefficient (Wildman–Crippen LogP) is 4.94. The highest BCUT2D eigenvalue weighted by atomic mass is 32.2. The number of piperazine rings is 1. The molecule has 1 saturated carbocycles. The largest absolute Gasteiger partial charge is 0.497 e. The predicted molar refractivity (Wildman–Crippen MR) is 238 cm³/mol.